The van der Waals surface area contributed by atoms with Gasteiger partial charge in [-0.25, -0.2) is 4.98 Å². The lowest BCUT2D eigenvalue weighted by Crippen LogP contribution is -2.33. The summed E-state index contributed by atoms with van der Waals surface area (Å²) in [5, 5.41) is 4.57. The van der Waals surface area contributed by atoms with Gasteiger partial charge in [0.1, 0.15) is 11.1 Å². The summed E-state index contributed by atoms with van der Waals surface area (Å²) in [4.78, 5) is 6.34. The van der Waals surface area contributed by atoms with E-state index in [2.05, 4.69) is 19.2 Å². The molecular formula is C14H22N2OS. The number of hydrogen-bond donors (Lipinski definition) is 1. The summed E-state index contributed by atoms with van der Waals surface area (Å²) in [7, 11) is 0. The van der Waals surface area contributed by atoms with Crippen molar-refractivity contribution in [3.8, 4) is 0 Å². The molecule has 1 fully saturated rings. The molecule has 1 N–H and O–H groups in total. The van der Waals surface area contributed by atoms with Gasteiger partial charge in [0, 0.05) is 18.0 Å². The predicted molar refractivity (Wildman–Crippen MR) is 74.0 cm³/mol. The van der Waals surface area contributed by atoms with Crippen LogP contribution >= 0.6 is 11.3 Å². The molecule has 0 spiro atoms. The molecule has 1 aliphatic carbocycles. The lowest BCUT2D eigenvalue weighted by Gasteiger charge is -2.24. The number of fused-ring (bicyclic) bond motifs is 1. The van der Waals surface area contributed by atoms with Crippen molar-refractivity contribution in [1.29, 1.82) is 0 Å². The van der Waals surface area contributed by atoms with Crippen LogP contribution in [0.3, 0.4) is 0 Å². The average Bonchev–Trinajstić information content (AvgIpc) is 2.82. The van der Waals surface area contributed by atoms with Gasteiger partial charge in [0.15, 0.2) is 0 Å². The largest absolute Gasteiger partial charge is 0.368 e. The van der Waals surface area contributed by atoms with Crippen LogP contribution in [-0.4, -0.2) is 24.7 Å². The van der Waals surface area contributed by atoms with Crippen LogP contribution in [0.2, 0.25) is 0 Å². The number of rotatable bonds is 2. The van der Waals surface area contributed by atoms with Crippen molar-refractivity contribution in [3.63, 3.8) is 0 Å². The zero-order valence-corrected chi connectivity index (χ0v) is 12.1. The Hall–Kier alpha value is -0.450. The highest BCUT2D eigenvalue weighted by atomic mass is 32.1. The first kappa shape index (κ1) is 12.6. The molecule has 0 radical (unpaired) electrons. The van der Waals surface area contributed by atoms with E-state index in [-0.39, 0.29) is 6.10 Å². The average molecular weight is 266 g/mol. The van der Waals surface area contributed by atoms with Crippen molar-refractivity contribution in [2.75, 3.05) is 19.7 Å². The summed E-state index contributed by atoms with van der Waals surface area (Å²) in [5.74, 6) is 1.63. The van der Waals surface area contributed by atoms with E-state index in [1.54, 1.807) is 0 Å². The first-order valence-corrected chi connectivity index (χ1v) is 7.86. The van der Waals surface area contributed by atoms with Gasteiger partial charge in [0.25, 0.3) is 0 Å². The van der Waals surface area contributed by atoms with Crippen LogP contribution in [0.1, 0.15) is 42.0 Å². The Balaban J connectivity index is 1.76. The van der Waals surface area contributed by atoms with Crippen LogP contribution < -0.4 is 5.32 Å². The van der Waals surface area contributed by atoms with E-state index in [0.717, 1.165) is 38.0 Å². The van der Waals surface area contributed by atoms with Crippen molar-refractivity contribution in [2.24, 2.45) is 11.8 Å². The maximum absolute atomic E-state index is 5.80. The molecule has 3 rings (SSSR count). The van der Waals surface area contributed by atoms with Crippen LogP contribution in [0.4, 0.5) is 0 Å². The van der Waals surface area contributed by atoms with E-state index in [9.17, 15) is 0 Å². The van der Waals surface area contributed by atoms with Crippen LogP contribution in [0.5, 0.6) is 0 Å². The van der Waals surface area contributed by atoms with E-state index in [1.807, 2.05) is 11.3 Å². The number of nitrogens with zero attached hydrogens (tertiary/aromatic N) is 1. The molecule has 2 aliphatic rings. The number of morpholine rings is 1. The molecule has 2 heterocycles. The summed E-state index contributed by atoms with van der Waals surface area (Å²) < 4.78 is 5.80. The number of hydrogen-bond acceptors (Lipinski definition) is 4. The maximum atomic E-state index is 5.80. The fraction of sp³-hybridized carbons (Fsp3) is 0.786. The molecule has 1 aliphatic heterocycles. The zero-order valence-electron chi connectivity index (χ0n) is 11.2. The third-order valence-corrected chi connectivity index (χ3v) is 5.35. The summed E-state index contributed by atoms with van der Waals surface area (Å²) in [5.41, 5.74) is 1.35. The van der Waals surface area contributed by atoms with E-state index >= 15 is 0 Å². The lowest BCUT2D eigenvalue weighted by molar-refractivity contribution is 0.0275. The molecule has 3 nitrogen and oxygen atoms in total. The number of aryl methyl sites for hydroxylation is 1. The SMILES string of the molecule is CC(C)C1CCc2nc(C3CNCCO3)sc2C1. The maximum Gasteiger partial charge on any atom is 0.123 e. The van der Waals surface area contributed by atoms with Crippen molar-refractivity contribution in [3.05, 3.63) is 15.6 Å². The molecule has 0 aromatic carbocycles. The molecule has 1 aromatic heterocycles. The van der Waals surface area contributed by atoms with Crippen molar-refractivity contribution >= 4 is 11.3 Å². The summed E-state index contributed by atoms with van der Waals surface area (Å²) in [6, 6.07) is 0. The van der Waals surface area contributed by atoms with Crippen LogP contribution in [0.15, 0.2) is 0 Å². The Labute approximate surface area is 113 Å². The quantitative estimate of drug-likeness (QED) is 0.893. The van der Waals surface area contributed by atoms with Gasteiger partial charge in [-0.2, -0.15) is 0 Å². The van der Waals surface area contributed by atoms with Gasteiger partial charge in [0.2, 0.25) is 0 Å². The normalized spacial score (nSPS) is 28.4. The Bertz CT molecular complexity index is 410. The minimum Gasteiger partial charge on any atom is -0.368 e. The fourth-order valence-corrected chi connectivity index (χ4v) is 4.11. The van der Waals surface area contributed by atoms with Crippen molar-refractivity contribution < 1.29 is 4.74 Å². The lowest BCUT2D eigenvalue weighted by atomic mass is 9.83. The second kappa shape index (κ2) is 5.27. The highest BCUT2D eigenvalue weighted by Crippen LogP contribution is 2.35. The van der Waals surface area contributed by atoms with E-state index in [0.29, 0.717) is 0 Å². The highest BCUT2D eigenvalue weighted by Gasteiger charge is 2.27. The van der Waals surface area contributed by atoms with Gasteiger partial charge in [-0.1, -0.05) is 13.8 Å². The minimum atomic E-state index is 0.187. The van der Waals surface area contributed by atoms with Gasteiger partial charge in [-0.05, 0) is 31.1 Å². The van der Waals surface area contributed by atoms with Crippen LogP contribution in [-0.2, 0) is 17.6 Å². The van der Waals surface area contributed by atoms with Gasteiger partial charge >= 0.3 is 0 Å². The fourth-order valence-electron chi connectivity index (χ4n) is 2.85. The molecule has 0 bridgehead atoms. The molecule has 0 amide bonds. The van der Waals surface area contributed by atoms with Gasteiger partial charge in [0.05, 0.1) is 12.3 Å². The standard InChI is InChI=1S/C14H22N2OS/c1-9(2)10-3-4-11-13(7-10)18-14(16-11)12-8-15-5-6-17-12/h9-10,12,15H,3-8H2,1-2H3. The molecule has 18 heavy (non-hydrogen) atoms. The highest BCUT2D eigenvalue weighted by molar-refractivity contribution is 7.11. The molecule has 1 saturated heterocycles. The number of ether oxygens (including phenoxy) is 1. The smallest absolute Gasteiger partial charge is 0.123 e. The molecular weight excluding hydrogens is 244 g/mol. The third-order valence-electron chi connectivity index (χ3n) is 4.14. The number of aromatic nitrogens is 1. The Morgan fingerprint density at radius 2 is 2.33 bits per heavy atom. The second-order valence-electron chi connectivity index (χ2n) is 5.73. The molecule has 2 unspecified atom stereocenters. The van der Waals surface area contributed by atoms with Gasteiger partial charge < -0.3 is 10.1 Å². The topological polar surface area (TPSA) is 34.2 Å². The van der Waals surface area contributed by atoms with E-state index < -0.39 is 0 Å². The Kier molecular flexibility index (Phi) is 3.68. The van der Waals surface area contributed by atoms with Crippen molar-refractivity contribution in [2.45, 2.75) is 39.2 Å². The molecule has 2 atom stereocenters. The molecule has 0 saturated carbocycles. The van der Waals surface area contributed by atoms with Crippen LogP contribution in [0, 0.1) is 11.8 Å². The second-order valence-corrected chi connectivity index (χ2v) is 6.85. The Morgan fingerprint density at radius 1 is 1.44 bits per heavy atom. The minimum absolute atomic E-state index is 0.187. The third kappa shape index (κ3) is 2.46. The molecule has 4 heteroatoms. The summed E-state index contributed by atoms with van der Waals surface area (Å²) in [6.07, 6.45) is 3.88. The summed E-state index contributed by atoms with van der Waals surface area (Å²) in [6.45, 7) is 7.37. The van der Waals surface area contributed by atoms with E-state index in [4.69, 9.17) is 9.72 Å². The summed E-state index contributed by atoms with van der Waals surface area (Å²) >= 11 is 1.89. The van der Waals surface area contributed by atoms with Gasteiger partial charge in [-0.3, -0.25) is 0 Å². The first-order chi connectivity index (χ1) is 8.74. The Morgan fingerprint density at radius 3 is 3.06 bits per heavy atom. The predicted octanol–water partition coefficient (Wildman–Crippen LogP) is 2.56. The van der Waals surface area contributed by atoms with Gasteiger partial charge in [-0.15, -0.1) is 11.3 Å². The number of thiazole rings is 1. The number of nitrogens with one attached hydrogen (secondary N) is 1. The van der Waals surface area contributed by atoms with Crippen molar-refractivity contribution in [1.82, 2.24) is 10.3 Å². The zero-order chi connectivity index (χ0) is 12.5. The van der Waals surface area contributed by atoms with Crippen LogP contribution in [0.25, 0.3) is 0 Å². The first-order valence-electron chi connectivity index (χ1n) is 7.05. The molecule has 1 aromatic rings. The molecule has 100 valence electrons. The monoisotopic (exact) mass is 266 g/mol. The van der Waals surface area contributed by atoms with E-state index in [1.165, 1.54) is 28.4 Å².